The minimum atomic E-state index is -0.367. The van der Waals surface area contributed by atoms with Gasteiger partial charge in [-0.05, 0) is 35.2 Å². The van der Waals surface area contributed by atoms with Crippen molar-refractivity contribution in [1.82, 2.24) is 10.2 Å². The van der Waals surface area contributed by atoms with E-state index in [2.05, 4.69) is 15.5 Å². The van der Waals surface area contributed by atoms with Gasteiger partial charge in [0, 0.05) is 17.0 Å². The van der Waals surface area contributed by atoms with Crippen LogP contribution in [0.1, 0.15) is 5.56 Å². The van der Waals surface area contributed by atoms with Crippen molar-refractivity contribution in [3.05, 3.63) is 46.7 Å². The molecule has 120 valence electrons. The van der Waals surface area contributed by atoms with Crippen molar-refractivity contribution in [2.75, 3.05) is 12.1 Å². The predicted molar refractivity (Wildman–Crippen MR) is 87.8 cm³/mol. The van der Waals surface area contributed by atoms with Crippen LogP contribution in [0.25, 0.3) is 17.5 Å². The number of rotatable bonds is 4. The number of nitrogens with one attached hydrogen (secondary N) is 1. The van der Waals surface area contributed by atoms with Crippen LogP contribution in [0, 0.1) is 0 Å². The minimum absolute atomic E-state index is 0.0523. The van der Waals surface area contributed by atoms with E-state index < -0.39 is 0 Å². The summed E-state index contributed by atoms with van der Waals surface area (Å²) in [6, 6.07) is 7.34. The fourth-order valence-electron chi connectivity index (χ4n) is 2.11. The Hall–Kier alpha value is -3.13. The quantitative estimate of drug-likeness (QED) is 0.734. The van der Waals surface area contributed by atoms with Crippen LogP contribution >= 0.6 is 11.3 Å². The lowest BCUT2D eigenvalue weighted by Gasteiger charge is -1.98. The Morgan fingerprint density at radius 1 is 1.21 bits per heavy atom. The standard InChI is InChI=1S/C16H11N3O4S/c20-14(4-2-10-1-3-12-13(7-10)22-9-21-12)17-16-19-18-15(23-16)11-5-6-24-8-11/h1-8H,9H2,(H,17,19,20). The van der Waals surface area contributed by atoms with Crippen LogP contribution in [-0.4, -0.2) is 22.9 Å². The van der Waals surface area contributed by atoms with E-state index in [0.29, 0.717) is 17.4 Å². The molecule has 4 rings (SSSR count). The zero-order valence-electron chi connectivity index (χ0n) is 12.3. The molecule has 2 aromatic heterocycles. The smallest absolute Gasteiger partial charge is 0.322 e. The molecule has 3 heterocycles. The lowest BCUT2D eigenvalue weighted by Crippen LogP contribution is -2.07. The average molecular weight is 341 g/mol. The Labute approximate surface area is 140 Å². The van der Waals surface area contributed by atoms with Crippen LogP contribution < -0.4 is 14.8 Å². The third-order valence-electron chi connectivity index (χ3n) is 3.25. The molecule has 1 amide bonds. The molecule has 7 nitrogen and oxygen atoms in total. The number of benzene rings is 1. The Bertz CT molecular complexity index is 902. The average Bonchev–Trinajstić information content (AvgIpc) is 3.32. The number of fused-ring (bicyclic) bond motifs is 1. The molecule has 24 heavy (non-hydrogen) atoms. The van der Waals surface area contributed by atoms with Gasteiger partial charge < -0.3 is 13.9 Å². The van der Waals surface area contributed by atoms with Gasteiger partial charge in [-0.25, -0.2) is 0 Å². The fourth-order valence-corrected chi connectivity index (χ4v) is 2.74. The lowest BCUT2D eigenvalue weighted by atomic mass is 10.2. The largest absolute Gasteiger partial charge is 0.454 e. The van der Waals surface area contributed by atoms with E-state index in [1.807, 2.05) is 22.9 Å². The van der Waals surface area contributed by atoms with Gasteiger partial charge in [0.1, 0.15) is 0 Å². The monoisotopic (exact) mass is 341 g/mol. The van der Waals surface area contributed by atoms with Gasteiger partial charge >= 0.3 is 6.01 Å². The highest BCUT2D eigenvalue weighted by atomic mass is 32.1. The molecule has 0 saturated heterocycles. The summed E-state index contributed by atoms with van der Waals surface area (Å²) in [7, 11) is 0. The van der Waals surface area contributed by atoms with Crippen LogP contribution in [0.3, 0.4) is 0 Å². The molecule has 3 aromatic rings. The second kappa shape index (κ2) is 6.17. The summed E-state index contributed by atoms with van der Waals surface area (Å²) in [5.74, 6) is 1.36. The van der Waals surface area contributed by atoms with Crippen molar-refractivity contribution >= 4 is 29.3 Å². The highest BCUT2D eigenvalue weighted by molar-refractivity contribution is 7.08. The zero-order valence-corrected chi connectivity index (χ0v) is 13.1. The number of ether oxygens (including phenoxy) is 2. The van der Waals surface area contributed by atoms with Crippen molar-refractivity contribution in [2.24, 2.45) is 0 Å². The van der Waals surface area contributed by atoms with Gasteiger partial charge in [-0.2, -0.15) is 11.3 Å². The summed E-state index contributed by atoms with van der Waals surface area (Å²) in [5.41, 5.74) is 1.64. The van der Waals surface area contributed by atoms with Crippen molar-refractivity contribution in [3.63, 3.8) is 0 Å². The molecule has 1 N–H and O–H groups in total. The summed E-state index contributed by atoms with van der Waals surface area (Å²) < 4.78 is 15.9. The van der Waals surface area contributed by atoms with Gasteiger partial charge in [0.2, 0.25) is 6.79 Å². The van der Waals surface area contributed by atoms with Crippen LogP contribution in [0.2, 0.25) is 0 Å². The van der Waals surface area contributed by atoms with Crippen LogP contribution in [0.4, 0.5) is 6.01 Å². The Morgan fingerprint density at radius 2 is 2.12 bits per heavy atom. The number of carbonyl (C=O) groups excluding carboxylic acids is 1. The third-order valence-corrected chi connectivity index (χ3v) is 3.93. The molecule has 0 unspecified atom stereocenters. The Balaban J connectivity index is 1.41. The maximum atomic E-state index is 11.9. The first-order chi connectivity index (χ1) is 11.8. The van der Waals surface area contributed by atoms with Crippen LogP contribution in [0.15, 0.2) is 45.5 Å². The van der Waals surface area contributed by atoms with Gasteiger partial charge in [0.25, 0.3) is 11.8 Å². The maximum Gasteiger partial charge on any atom is 0.322 e. The lowest BCUT2D eigenvalue weighted by molar-refractivity contribution is -0.112. The van der Waals surface area contributed by atoms with E-state index in [4.69, 9.17) is 13.9 Å². The minimum Gasteiger partial charge on any atom is -0.454 e. The topological polar surface area (TPSA) is 86.5 Å². The second-order valence-corrected chi connectivity index (χ2v) is 5.64. The summed E-state index contributed by atoms with van der Waals surface area (Å²) in [5, 5.41) is 14.0. The molecule has 0 saturated carbocycles. The Kier molecular flexibility index (Phi) is 3.72. The first-order valence-electron chi connectivity index (χ1n) is 7.03. The van der Waals surface area contributed by atoms with Gasteiger partial charge in [0.15, 0.2) is 11.5 Å². The van der Waals surface area contributed by atoms with Crippen molar-refractivity contribution < 1.29 is 18.7 Å². The molecular formula is C16H11N3O4S. The molecule has 0 fully saturated rings. The molecule has 1 aromatic carbocycles. The molecule has 0 atom stereocenters. The number of anilines is 1. The van der Waals surface area contributed by atoms with E-state index >= 15 is 0 Å². The summed E-state index contributed by atoms with van der Waals surface area (Å²) >= 11 is 1.53. The maximum absolute atomic E-state index is 11.9. The summed E-state index contributed by atoms with van der Waals surface area (Å²) in [4.78, 5) is 11.9. The van der Waals surface area contributed by atoms with Crippen molar-refractivity contribution in [1.29, 1.82) is 0 Å². The second-order valence-electron chi connectivity index (χ2n) is 4.86. The van der Waals surface area contributed by atoms with Gasteiger partial charge in [0.05, 0.1) is 0 Å². The van der Waals surface area contributed by atoms with E-state index in [1.165, 1.54) is 17.4 Å². The molecule has 0 bridgehead atoms. The van der Waals surface area contributed by atoms with Crippen LogP contribution in [0.5, 0.6) is 11.5 Å². The number of hydrogen-bond donors (Lipinski definition) is 1. The first-order valence-corrected chi connectivity index (χ1v) is 7.97. The number of hydrogen-bond acceptors (Lipinski definition) is 7. The molecule has 8 heteroatoms. The number of carbonyl (C=O) groups is 1. The third kappa shape index (κ3) is 2.99. The van der Waals surface area contributed by atoms with E-state index in [9.17, 15) is 4.79 Å². The number of amides is 1. The van der Waals surface area contributed by atoms with Gasteiger partial charge in [-0.1, -0.05) is 11.2 Å². The zero-order chi connectivity index (χ0) is 16.4. The van der Waals surface area contributed by atoms with Crippen molar-refractivity contribution in [2.45, 2.75) is 0 Å². The molecule has 0 aliphatic carbocycles. The summed E-state index contributed by atoms with van der Waals surface area (Å²) in [6.45, 7) is 0.215. The van der Waals surface area contributed by atoms with E-state index in [-0.39, 0.29) is 18.7 Å². The SMILES string of the molecule is O=C(C=Cc1ccc2c(c1)OCO2)Nc1nnc(-c2ccsc2)o1. The molecule has 0 spiro atoms. The Morgan fingerprint density at radius 3 is 3.00 bits per heavy atom. The first kappa shape index (κ1) is 14.5. The molecule has 1 aliphatic rings. The molecular weight excluding hydrogens is 330 g/mol. The van der Waals surface area contributed by atoms with E-state index in [1.54, 1.807) is 18.2 Å². The molecule has 0 radical (unpaired) electrons. The highest BCUT2D eigenvalue weighted by Gasteiger charge is 2.13. The van der Waals surface area contributed by atoms with Gasteiger partial charge in [-0.15, -0.1) is 5.10 Å². The van der Waals surface area contributed by atoms with E-state index in [0.717, 1.165) is 11.1 Å². The van der Waals surface area contributed by atoms with Gasteiger partial charge in [-0.3, -0.25) is 10.1 Å². The number of aromatic nitrogens is 2. The fraction of sp³-hybridized carbons (Fsp3) is 0.0625. The normalized spacial score (nSPS) is 12.7. The molecule has 1 aliphatic heterocycles. The number of thiophene rings is 1. The summed E-state index contributed by atoms with van der Waals surface area (Å²) in [6.07, 6.45) is 3.04. The van der Waals surface area contributed by atoms with Crippen LogP contribution in [-0.2, 0) is 4.79 Å². The predicted octanol–water partition coefficient (Wildman–Crippen LogP) is 3.18. The van der Waals surface area contributed by atoms with Crippen molar-refractivity contribution in [3.8, 4) is 23.0 Å². The number of nitrogens with zero attached hydrogens (tertiary/aromatic N) is 2. The highest BCUT2D eigenvalue weighted by Crippen LogP contribution is 2.32.